The molecular formula is C10H12BrIN2. The van der Waals surface area contributed by atoms with E-state index < -0.39 is 0 Å². The van der Waals surface area contributed by atoms with E-state index in [0.717, 1.165) is 17.3 Å². The fourth-order valence-electron chi connectivity index (χ4n) is 1.61. The van der Waals surface area contributed by atoms with Gasteiger partial charge in [-0.05, 0) is 69.6 Å². The lowest BCUT2D eigenvalue weighted by Crippen LogP contribution is -2.44. The lowest BCUT2D eigenvalue weighted by atomic mass is 9.87. The van der Waals surface area contributed by atoms with Crippen LogP contribution in [0.1, 0.15) is 12.8 Å². The van der Waals surface area contributed by atoms with Crippen molar-refractivity contribution >= 4 is 44.2 Å². The molecule has 1 aliphatic rings. The summed E-state index contributed by atoms with van der Waals surface area (Å²) in [5, 5.41) is 3.47. The zero-order valence-corrected chi connectivity index (χ0v) is 11.4. The van der Waals surface area contributed by atoms with Gasteiger partial charge in [-0.15, -0.1) is 0 Å². The topological polar surface area (TPSA) is 38.0 Å². The summed E-state index contributed by atoms with van der Waals surface area (Å²) in [5.74, 6) is 0. The van der Waals surface area contributed by atoms with Crippen molar-refractivity contribution in [2.45, 2.75) is 24.9 Å². The van der Waals surface area contributed by atoms with E-state index in [1.54, 1.807) is 0 Å². The molecule has 0 heterocycles. The molecule has 0 bridgehead atoms. The Morgan fingerprint density at radius 2 is 2.14 bits per heavy atom. The summed E-state index contributed by atoms with van der Waals surface area (Å²) in [4.78, 5) is 0. The second-order valence-corrected chi connectivity index (χ2v) is 5.80. The van der Waals surface area contributed by atoms with Crippen LogP contribution in [0.2, 0.25) is 0 Å². The van der Waals surface area contributed by atoms with Crippen molar-refractivity contribution in [1.82, 2.24) is 0 Å². The molecule has 3 N–H and O–H groups in total. The van der Waals surface area contributed by atoms with Crippen LogP contribution in [0.15, 0.2) is 22.7 Å². The molecule has 14 heavy (non-hydrogen) atoms. The van der Waals surface area contributed by atoms with Gasteiger partial charge in [0.2, 0.25) is 0 Å². The van der Waals surface area contributed by atoms with Gasteiger partial charge in [0.05, 0.1) is 0 Å². The van der Waals surface area contributed by atoms with Crippen LogP contribution >= 0.6 is 38.5 Å². The first kappa shape index (κ1) is 10.7. The minimum Gasteiger partial charge on any atom is -0.381 e. The highest BCUT2D eigenvalue weighted by Crippen LogP contribution is 2.28. The molecule has 2 rings (SSSR count). The molecule has 1 aromatic rings. The van der Waals surface area contributed by atoms with Gasteiger partial charge in [0.25, 0.3) is 0 Å². The lowest BCUT2D eigenvalue weighted by Gasteiger charge is -2.34. The Kier molecular flexibility index (Phi) is 3.34. The summed E-state index contributed by atoms with van der Waals surface area (Å²) < 4.78 is 2.37. The highest BCUT2D eigenvalue weighted by molar-refractivity contribution is 14.1. The number of nitrogens with one attached hydrogen (secondary N) is 1. The number of rotatable bonds is 2. The first-order valence-corrected chi connectivity index (χ1v) is 6.49. The molecule has 0 aromatic heterocycles. The van der Waals surface area contributed by atoms with E-state index in [-0.39, 0.29) is 0 Å². The average Bonchev–Trinajstić information content (AvgIpc) is 2.06. The van der Waals surface area contributed by atoms with Gasteiger partial charge in [-0.2, -0.15) is 0 Å². The van der Waals surface area contributed by atoms with Crippen LogP contribution in [-0.2, 0) is 0 Å². The zero-order chi connectivity index (χ0) is 10.1. The average molecular weight is 367 g/mol. The van der Waals surface area contributed by atoms with Crippen molar-refractivity contribution < 1.29 is 0 Å². The van der Waals surface area contributed by atoms with Gasteiger partial charge in [0.1, 0.15) is 0 Å². The van der Waals surface area contributed by atoms with E-state index in [2.05, 4.69) is 62.0 Å². The molecule has 0 spiro atoms. The smallest absolute Gasteiger partial charge is 0.0487 e. The normalized spacial score (nSPS) is 25.6. The monoisotopic (exact) mass is 366 g/mol. The van der Waals surface area contributed by atoms with Crippen LogP contribution < -0.4 is 11.1 Å². The van der Waals surface area contributed by atoms with Gasteiger partial charge in [-0.1, -0.05) is 0 Å². The number of nitrogens with two attached hydrogens (primary N) is 1. The quantitative estimate of drug-likeness (QED) is 0.790. The molecule has 1 saturated carbocycles. The molecule has 1 aromatic carbocycles. The summed E-state index contributed by atoms with van der Waals surface area (Å²) in [6.07, 6.45) is 2.16. The first-order valence-electron chi connectivity index (χ1n) is 4.62. The van der Waals surface area contributed by atoms with E-state index in [9.17, 15) is 0 Å². The van der Waals surface area contributed by atoms with Gasteiger partial charge in [-0.25, -0.2) is 0 Å². The Hall–Kier alpha value is 0.190. The van der Waals surface area contributed by atoms with Crippen LogP contribution in [0, 0.1) is 3.57 Å². The number of halogens is 2. The number of hydrogen-bond acceptors (Lipinski definition) is 2. The van der Waals surface area contributed by atoms with Gasteiger partial charge in [0.15, 0.2) is 0 Å². The van der Waals surface area contributed by atoms with E-state index in [0.29, 0.717) is 12.1 Å². The maximum atomic E-state index is 5.73. The number of benzene rings is 1. The molecule has 1 fully saturated rings. The SMILES string of the molecule is NC1CC(Nc2ccc(I)cc2Br)C1. The first-order chi connectivity index (χ1) is 6.65. The third-order valence-corrected chi connectivity index (χ3v) is 3.79. The lowest BCUT2D eigenvalue weighted by molar-refractivity contribution is 0.373. The Morgan fingerprint density at radius 3 is 2.71 bits per heavy atom. The maximum Gasteiger partial charge on any atom is 0.0487 e. The van der Waals surface area contributed by atoms with Crippen LogP contribution in [0.25, 0.3) is 0 Å². The van der Waals surface area contributed by atoms with Crippen LogP contribution in [0.4, 0.5) is 5.69 Å². The molecule has 4 heteroatoms. The highest BCUT2D eigenvalue weighted by atomic mass is 127. The second kappa shape index (κ2) is 4.37. The van der Waals surface area contributed by atoms with Gasteiger partial charge in [-0.3, -0.25) is 0 Å². The fraction of sp³-hybridized carbons (Fsp3) is 0.400. The molecule has 0 amide bonds. The molecular weight excluding hydrogens is 355 g/mol. The van der Waals surface area contributed by atoms with E-state index >= 15 is 0 Å². The zero-order valence-electron chi connectivity index (χ0n) is 7.63. The molecule has 2 nitrogen and oxygen atoms in total. The molecule has 0 atom stereocenters. The molecule has 0 saturated heterocycles. The van der Waals surface area contributed by atoms with E-state index in [4.69, 9.17) is 5.73 Å². The summed E-state index contributed by atoms with van der Waals surface area (Å²) in [7, 11) is 0. The minimum atomic E-state index is 0.398. The molecule has 0 unspecified atom stereocenters. The fourth-order valence-corrected chi connectivity index (χ4v) is 3.02. The Labute approximate surface area is 106 Å². The number of anilines is 1. The highest BCUT2D eigenvalue weighted by Gasteiger charge is 2.25. The van der Waals surface area contributed by atoms with Gasteiger partial charge in [0, 0.05) is 25.8 Å². The van der Waals surface area contributed by atoms with Gasteiger partial charge >= 0.3 is 0 Å². The van der Waals surface area contributed by atoms with E-state index in [1.807, 2.05) is 0 Å². The molecule has 0 radical (unpaired) electrons. The van der Waals surface area contributed by atoms with Gasteiger partial charge < -0.3 is 11.1 Å². The Morgan fingerprint density at radius 1 is 1.43 bits per heavy atom. The molecule has 0 aliphatic heterocycles. The minimum absolute atomic E-state index is 0.398. The summed E-state index contributed by atoms with van der Waals surface area (Å²) >= 11 is 5.85. The molecule has 1 aliphatic carbocycles. The van der Waals surface area contributed by atoms with Crippen molar-refractivity contribution in [3.05, 3.63) is 26.2 Å². The summed E-state index contributed by atoms with van der Waals surface area (Å²) in [5.41, 5.74) is 6.90. The standard InChI is InChI=1S/C10H12BrIN2/c11-9-3-6(12)1-2-10(9)14-8-4-7(13)5-8/h1-3,7-8,14H,4-5,13H2. The van der Waals surface area contributed by atoms with E-state index in [1.165, 1.54) is 9.26 Å². The third-order valence-electron chi connectivity index (χ3n) is 2.47. The van der Waals surface area contributed by atoms with Crippen molar-refractivity contribution in [1.29, 1.82) is 0 Å². The van der Waals surface area contributed by atoms with Crippen molar-refractivity contribution in [2.24, 2.45) is 5.73 Å². The predicted molar refractivity (Wildman–Crippen MR) is 71.5 cm³/mol. The summed E-state index contributed by atoms with van der Waals surface area (Å²) in [6, 6.07) is 7.28. The maximum absolute atomic E-state index is 5.73. The Bertz CT molecular complexity index is 337. The van der Waals surface area contributed by atoms with Crippen molar-refractivity contribution in [3.8, 4) is 0 Å². The third kappa shape index (κ3) is 2.41. The predicted octanol–water partition coefficient (Wildman–Crippen LogP) is 2.96. The van der Waals surface area contributed by atoms with Crippen LogP contribution in [-0.4, -0.2) is 12.1 Å². The van der Waals surface area contributed by atoms with Crippen LogP contribution in [0.5, 0.6) is 0 Å². The van der Waals surface area contributed by atoms with Crippen LogP contribution in [0.3, 0.4) is 0 Å². The van der Waals surface area contributed by atoms with Crippen molar-refractivity contribution in [2.75, 3.05) is 5.32 Å². The van der Waals surface area contributed by atoms with Crippen molar-refractivity contribution in [3.63, 3.8) is 0 Å². The second-order valence-electron chi connectivity index (χ2n) is 3.70. The Balaban J connectivity index is 2.02. The number of hydrogen-bond donors (Lipinski definition) is 2. The summed E-state index contributed by atoms with van der Waals surface area (Å²) in [6.45, 7) is 0. The largest absolute Gasteiger partial charge is 0.381 e. The molecule has 76 valence electrons.